The number of ether oxygens (including phenoxy) is 2. The molecule has 0 bridgehead atoms. The van der Waals surface area contributed by atoms with Gasteiger partial charge in [0.1, 0.15) is 11.3 Å². The number of nitrogens with one attached hydrogen (secondary N) is 1. The van der Waals surface area contributed by atoms with Crippen molar-refractivity contribution in [1.29, 1.82) is 0 Å². The topological polar surface area (TPSA) is 73.6 Å². The highest BCUT2D eigenvalue weighted by Crippen LogP contribution is 2.24. The Kier molecular flexibility index (Phi) is 4.55. The molecule has 0 atom stereocenters. The molecule has 5 heteroatoms. The minimum absolute atomic E-state index is 0.271. The van der Waals surface area contributed by atoms with E-state index in [0.29, 0.717) is 23.6 Å². The molecule has 0 aliphatic heterocycles. The second kappa shape index (κ2) is 5.73. The smallest absolute Gasteiger partial charge is 0.257 e. The molecule has 3 N–H and O–H groups in total. The molecule has 1 rings (SSSR count). The van der Waals surface area contributed by atoms with E-state index in [2.05, 4.69) is 5.32 Å². The van der Waals surface area contributed by atoms with Crippen molar-refractivity contribution in [2.45, 2.75) is 19.4 Å². The minimum Gasteiger partial charge on any atom is -0.496 e. The van der Waals surface area contributed by atoms with Crippen molar-refractivity contribution in [2.24, 2.45) is 0 Å². The fraction of sp³-hybridized carbons (Fsp3) is 0.462. The molecule has 1 aromatic rings. The molecule has 18 heavy (non-hydrogen) atoms. The molecule has 0 saturated carbocycles. The van der Waals surface area contributed by atoms with E-state index in [9.17, 15) is 4.79 Å². The second-order valence-electron chi connectivity index (χ2n) is 4.70. The molecular weight excluding hydrogens is 232 g/mol. The second-order valence-corrected chi connectivity index (χ2v) is 4.70. The lowest BCUT2D eigenvalue weighted by atomic mass is 10.0. The molecule has 0 radical (unpaired) electrons. The number of nitrogens with two attached hydrogens (primary N) is 1. The molecule has 0 aliphatic carbocycles. The first-order chi connectivity index (χ1) is 8.41. The van der Waals surface area contributed by atoms with Gasteiger partial charge in [0.2, 0.25) is 0 Å². The number of hydrogen-bond donors (Lipinski definition) is 2. The van der Waals surface area contributed by atoms with Crippen LogP contribution in [0.3, 0.4) is 0 Å². The standard InChI is InChI=1S/C13H20N2O3/c1-13(2,8-17-3)15-12(16)11-9(14)6-5-7-10(11)18-4/h5-7H,8,14H2,1-4H3,(H,15,16). The zero-order valence-electron chi connectivity index (χ0n) is 11.2. The molecule has 0 fully saturated rings. The summed E-state index contributed by atoms with van der Waals surface area (Å²) in [5, 5.41) is 2.87. The van der Waals surface area contributed by atoms with Gasteiger partial charge in [-0.25, -0.2) is 0 Å². The number of amides is 1. The Morgan fingerprint density at radius 3 is 2.61 bits per heavy atom. The molecule has 0 spiro atoms. The normalized spacial score (nSPS) is 11.1. The summed E-state index contributed by atoms with van der Waals surface area (Å²) >= 11 is 0. The summed E-state index contributed by atoms with van der Waals surface area (Å²) in [6.07, 6.45) is 0. The van der Waals surface area contributed by atoms with Crippen molar-refractivity contribution < 1.29 is 14.3 Å². The van der Waals surface area contributed by atoms with E-state index in [1.54, 1.807) is 25.3 Å². The molecule has 0 heterocycles. The number of nitrogen functional groups attached to an aromatic ring is 1. The highest BCUT2D eigenvalue weighted by atomic mass is 16.5. The maximum absolute atomic E-state index is 12.2. The van der Waals surface area contributed by atoms with E-state index in [4.69, 9.17) is 15.2 Å². The van der Waals surface area contributed by atoms with Crippen LogP contribution in [-0.4, -0.2) is 32.3 Å². The van der Waals surface area contributed by atoms with Crippen molar-refractivity contribution in [1.82, 2.24) is 5.32 Å². The van der Waals surface area contributed by atoms with Crippen LogP contribution in [0.2, 0.25) is 0 Å². The van der Waals surface area contributed by atoms with Gasteiger partial charge in [0, 0.05) is 12.8 Å². The molecule has 100 valence electrons. The van der Waals surface area contributed by atoms with E-state index in [0.717, 1.165) is 0 Å². The molecule has 5 nitrogen and oxygen atoms in total. The third kappa shape index (κ3) is 3.37. The number of benzene rings is 1. The lowest BCUT2D eigenvalue weighted by Gasteiger charge is -2.26. The minimum atomic E-state index is -0.473. The van der Waals surface area contributed by atoms with Gasteiger partial charge in [-0.3, -0.25) is 4.79 Å². The summed E-state index contributed by atoms with van der Waals surface area (Å²) in [6.45, 7) is 4.16. The molecule has 0 unspecified atom stereocenters. The molecule has 0 saturated heterocycles. The zero-order chi connectivity index (χ0) is 13.8. The largest absolute Gasteiger partial charge is 0.496 e. The summed E-state index contributed by atoms with van der Waals surface area (Å²) in [7, 11) is 3.09. The predicted octanol–water partition coefficient (Wildman–Crippen LogP) is 1.43. The number of carbonyl (C=O) groups is 1. The van der Waals surface area contributed by atoms with Crippen LogP contribution >= 0.6 is 0 Å². The fourth-order valence-corrected chi connectivity index (χ4v) is 1.73. The Hall–Kier alpha value is -1.75. The van der Waals surface area contributed by atoms with Gasteiger partial charge in [-0.15, -0.1) is 0 Å². The monoisotopic (exact) mass is 252 g/mol. The van der Waals surface area contributed by atoms with E-state index in [1.165, 1.54) is 7.11 Å². The SMILES string of the molecule is COCC(C)(C)NC(=O)c1c(N)cccc1OC. The third-order valence-corrected chi connectivity index (χ3v) is 2.46. The third-order valence-electron chi connectivity index (χ3n) is 2.46. The lowest BCUT2D eigenvalue weighted by Crippen LogP contribution is -2.47. The van der Waals surface area contributed by atoms with E-state index in [1.807, 2.05) is 13.8 Å². The first kappa shape index (κ1) is 14.3. The number of anilines is 1. The number of hydrogen-bond acceptors (Lipinski definition) is 4. The first-order valence-electron chi connectivity index (χ1n) is 5.65. The highest BCUT2D eigenvalue weighted by Gasteiger charge is 2.24. The number of carbonyl (C=O) groups excluding carboxylic acids is 1. The number of rotatable bonds is 5. The van der Waals surface area contributed by atoms with Crippen LogP contribution in [-0.2, 0) is 4.74 Å². The Balaban J connectivity index is 2.97. The summed E-state index contributed by atoms with van der Waals surface area (Å²) in [4.78, 5) is 12.2. The molecule has 1 amide bonds. The van der Waals surface area contributed by atoms with Crippen molar-refractivity contribution in [2.75, 3.05) is 26.6 Å². The Morgan fingerprint density at radius 2 is 2.06 bits per heavy atom. The van der Waals surface area contributed by atoms with Gasteiger partial charge < -0.3 is 20.5 Å². The van der Waals surface area contributed by atoms with Gasteiger partial charge in [-0.1, -0.05) is 6.07 Å². The average molecular weight is 252 g/mol. The highest BCUT2D eigenvalue weighted by molar-refractivity contribution is 6.02. The number of methoxy groups -OCH3 is 2. The van der Waals surface area contributed by atoms with Crippen molar-refractivity contribution in [3.63, 3.8) is 0 Å². The van der Waals surface area contributed by atoms with E-state index < -0.39 is 5.54 Å². The van der Waals surface area contributed by atoms with E-state index in [-0.39, 0.29) is 5.91 Å². The van der Waals surface area contributed by atoms with Crippen LogP contribution < -0.4 is 15.8 Å². The average Bonchev–Trinajstić information content (AvgIpc) is 2.27. The Labute approximate surface area is 107 Å². The van der Waals surface area contributed by atoms with Crippen LogP contribution in [0.15, 0.2) is 18.2 Å². The zero-order valence-corrected chi connectivity index (χ0v) is 11.2. The van der Waals surface area contributed by atoms with Gasteiger partial charge in [0.05, 0.1) is 19.3 Å². The van der Waals surface area contributed by atoms with Crippen LogP contribution in [0.4, 0.5) is 5.69 Å². The van der Waals surface area contributed by atoms with Crippen molar-refractivity contribution in [3.8, 4) is 5.75 Å². The Bertz CT molecular complexity index is 430. The molecular formula is C13H20N2O3. The van der Waals surface area contributed by atoms with Gasteiger partial charge in [-0.05, 0) is 26.0 Å². The summed E-state index contributed by atoms with van der Waals surface area (Å²) < 4.78 is 10.2. The van der Waals surface area contributed by atoms with Gasteiger partial charge in [-0.2, -0.15) is 0 Å². The molecule has 1 aromatic carbocycles. The van der Waals surface area contributed by atoms with E-state index >= 15 is 0 Å². The van der Waals surface area contributed by atoms with Gasteiger partial charge in [0.25, 0.3) is 5.91 Å². The van der Waals surface area contributed by atoms with Crippen LogP contribution in [0.1, 0.15) is 24.2 Å². The van der Waals surface area contributed by atoms with Crippen LogP contribution in [0.5, 0.6) is 5.75 Å². The maximum atomic E-state index is 12.2. The Morgan fingerprint density at radius 1 is 1.39 bits per heavy atom. The van der Waals surface area contributed by atoms with Crippen LogP contribution in [0, 0.1) is 0 Å². The summed E-state index contributed by atoms with van der Waals surface area (Å²) in [6, 6.07) is 5.11. The van der Waals surface area contributed by atoms with Gasteiger partial charge >= 0.3 is 0 Å². The fourth-order valence-electron chi connectivity index (χ4n) is 1.73. The molecule has 0 aliphatic rings. The predicted molar refractivity (Wildman–Crippen MR) is 70.8 cm³/mol. The lowest BCUT2D eigenvalue weighted by molar-refractivity contribution is 0.0818. The summed E-state index contributed by atoms with van der Waals surface area (Å²) in [5.41, 5.74) is 6.09. The summed E-state index contributed by atoms with van der Waals surface area (Å²) in [5.74, 6) is 0.188. The van der Waals surface area contributed by atoms with Crippen molar-refractivity contribution >= 4 is 11.6 Å². The van der Waals surface area contributed by atoms with Gasteiger partial charge in [0.15, 0.2) is 0 Å². The first-order valence-corrected chi connectivity index (χ1v) is 5.65. The molecule has 0 aromatic heterocycles. The maximum Gasteiger partial charge on any atom is 0.257 e. The van der Waals surface area contributed by atoms with Crippen molar-refractivity contribution in [3.05, 3.63) is 23.8 Å². The quantitative estimate of drug-likeness (QED) is 0.777. The van der Waals surface area contributed by atoms with Crippen LogP contribution in [0.25, 0.3) is 0 Å².